The van der Waals surface area contributed by atoms with Gasteiger partial charge in [0.25, 0.3) is 5.56 Å². The van der Waals surface area contributed by atoms with E-state index in [1.54, 1.807) is 59.2 Å². The number of aromatic nitrogens is 2. The minimum atomic E-state index is -1.10. The van der Waals surface area contributed by atoms with Crippen LogP contribution in [0.2, 0.25) is 0 Å². The maximum atomic E-state index is 14.0. The molecular weight excluding hydrogens is 572 g/mol. The van der Waals surface area contributed by atoms with Crippen molar-refractivity contribution in [2.24, 2.45) is 0 Å². The van der Waals surface area contributed by atoms with Gasteiger partial charge in [-0.2, -0.15) is 0 Å². The highest BCUT2D eigenvalue weighted by atomic mass is 32.1. The maximum Gasteiger partial charge on any atom is 0.335 e. The number of hydrogen-bond acceptors (Lipinski definition) is 7. The lowest BCUT2D eigenvalue weighted by Gasteiger charge is -2.19. The number of amides is 2. The topological polar surface area (TPSA) is 133 Å². The second-order valence-electron chi connectivity index (χ2n) is 9.17. The first-order valence-corrected chi connectivity index (χ1v) is 13.3. The van der Waals surface area contributed by atoms with Gasteiger partial charge in [-0.15, -0.1) is 0 Å². The summed E-state index contributed by atoms with van der Waals surface area (Å²) in [5.74, 6) is 0.00344. The summed E-state index contributed by atoms with van der Waals surface area (Å²) in [4.78, 5) is 38.1. The number of carbonyl (C=O) groups is 2. The molecule has 12 heteroatoms. The van der Waals surface area contributed by atoms with Crippen molar-refractivity contribution in [1.29, 1.82) is 0 Å². The van der Waals surface area contributed by atoms with Gasteiger partial charge in [0, 0.05) is 23.5 Å². The molecule has 0 aliphatic carbocycles. The van der Waals surface area contributed by atoms with Gasteiger partial charge in [-0.1, -0.05) is 18.2 Å². The number of hydrogen-bond donors (Lipinski definition) is 3. The zero-order valence-corrected chi connectivity index (χ0v) is 24.1. The number of nitrogens with one attached hydrogen (secondary N) is 2. The third-order valence-electron chi connectivity index (χ3n) is 6.62. The molecular formula is C31H26N4O7S. The van der Waals surface area contributed by atoms with Crippen LogP contribution >= 0.6 is 12.2 Å². The molecule has 5 aromatic rings. The molecule has 3 N–H and O–H groups in total. The summed E-state index contributed by atoms with van der Waals surface area (Å²) in [6.45, 7) is 0. The van der Waals surface area contributed by atoms with E-state index in [9.17, 15) is 19.5 Å². The third-order valence-corrected chi connectivity index (χ3v) is 6.99. The molecule has 43 heavy (non-hydrogen) atoms. The summed E-state index contributed by atoms with van der Waals surface area (Å²) in [7, 11) is 4.47. The molecule has 0 atom stereocenters. The molecule has 218 valence electrons. The van der Waals surface area contributed by atoms with Crippen LogP contribution < -0.4 is 30.4 Å². The molecule has 0 spiro atoms. The normalized spacial score (nSPS) is 10.7. The molecule has 0 saturated heterocycles. The van der Waals surface area contributed by atoms with Crippen molar-refractivity contribution in [3.63, 3.8) is 0 Å². The maximum absolute atomic E-state index is 14.0. The van der Waals surface area contributed by atoms with Gasteiger partial charge in [-0.3, -0.25) is 13.9 Å². The molecule has 4 aromatic carbocycles. The SMILES string of the molecule is COc1cc(-n2c(=S)n(-c3ccc(C(=O)O)cc3)c(=O)c3cc(NC(=O)Nc4ccccc4)ccc32)cc(OC)c1OC. The summed E-state index contributed by atoms with van der Waals surface area (Å²) < 4.78 is 19.6. The number of carboxylic acid groups (broad SMARTS) is 1. The molecule has 0 saturated carbocycles. The Balaban J connectivity index is 1.73. The molecule has 0 aliphatic rings. The van der Waals surface area contributed by atoms with Crippen molar-refractivity contribution in [2.75, 3.05) is 32.0 Å². The lowest BCUT2D eigenvalue weighted by atomic mass is 10.1. The first kappa shape index (κ1) is 28.9. The second kappa shape index (κ2) is 12.1. The van der Waals surface area contributed by atoms with Crippen molar-refractivity contribution in [2.45, 2.75) is 0 Å². The Morgan fingerprint density at radius 3 is 1.95 bits per heavy atom. The fourth-order valence-corrected chi connectivity index (χ4v) is 5.02. The number of methoxy groups -OCH3 is 3. The van der Waals surface area contributed by atoms with Crippen LogP contribution in [0.25, 0.3) is 22.3 Å². The number of urea groups is 1. The van der Waals surface area contributed by atoms with E-state index in [1.165, 1.54) is 50.2 Å². The van der Waals surface area contributed by atoms with Crippen LogP contribution in [0.15, 0.2) is 89.7 Å². The van der Waals surface area contributed by atoms with Crippen LogP contribution in [0.5, 0.6) is 17.2 Å². The predicted molar refractivity (Wildman–Crippen MR) is 165 cm³/mol. The van der Waals surface area contributed by atoms with Crippen LogP contribution in [0.1, 0.15) is 10.4 Å². The van der Waals surface area contributed by atoms with E-state index in [0.717, 1.165) is 0 Å². The highest BCUT2D eigenvalue weighted by Crippen LogP contribution is 2.40. The Morgan fingerprint density at radius 2 is 1.37 bits per heavy atom. The van der Waals surface area contributed by atoms with E-state index in [1.807, 2.05) is 6.07 Å². The number of fused-ring (bicyclic) bond motifs is 1. The number of benzene rings is 4. The Hall–Kier alpha value is -5.62. The van der Waals surface area contributed by atoms with Gasteiger partial charge < -0.3 is 30.0 Å². The van der Waals surface area contributed by atoms with Crippen molar-refractivity contribution < 1.29 is 28.9 Å². The van der Waals surface area contributed by atoms with Crippen LogP contribution in [0.4, 0.5) is 16.2 Å². The summed E-state index contributed by atoms with van der Waals surface area (Å²) in [6.07, 6.45) is 0. The molecule has 0 bridgehead atoms. The summed E-state index contributed by atoms with van der Waals surface area (Å²) in [5, 5.41) is 15.1. The van der Waals surface area contributed by atoms with Gasteiger partial charge in [0.05, 0.1) is 49.2 Å². The van der Waals surface area contributed by atoms with Gasteiger partial charge in [0.15, 0.2) is 16.3 Å². The largest absolute Gasteiger partial charge is 0.493 e. The van der Waals surface area contributed by atoms with E-state index in [4.69, 9.17) is 26.4 Å². The summed E-state index contributed by atoms with van der Waals surface area (Å²) in [6, 6.07) is 22.5. The lowest BCUT2D eigenvalue weighted by Crippen LogP contribution is -2.24. The first-order chi connectivity index (χ1) is 20.7. The molecule has 5 rings (SSSR count). The predicted octanol–water partition coefficient (Wildman–Crippen LogP) is 5.88. The molecule has 11 nitrogen and oxygen atoms in total. The molecule has 0 fully saturated rings. The number of anilines is 2. The lowest BCUT2D eigenvalue weighted by molar-refractivity contribution is 0.0697. The highest BCUT2D eigenvalue weighted by molar-refractivity contribution is 7.71. The Morgan fingerprint density at radius 1 is 0.744 bits per heavy atom. The van der Waals surface area contributed by atoms with Gasteiger partial charge in [0.1, 0.15) is 0 Å². The van der Waals surface area contributed by atoms with E-state index in [0.29, 0.717) is 45.5 Å². The summed E-state index contributed by atoms with van der Waals surface area (Å²) >= 11 is 5.87. The molecule has 2 amide bonds. The number of rotatable bonds is 8. The molecule has 0 aliphatic heterocycles. The van der Waals surface area contributed by atoms with Gasteiger partial charge in [-0.05, 0) is 66.8 Å². The number of aromatic carboxylic acids is 1. The molecule has 1 aromatic heterocycles. The zero-order valence-electron chi connectivity index (χ0n) is 23.3. The second-order valence-corrected chi connectivity index (χ2v) is 9.54. The van der Waals surface area contributed by atoms with Crippen LogP contribution in [-0.4, -0.2) is 47.6 Å². The highest BCUT2D eigenvalue weighted by Gasteiger charge is 2.19. The summed E-state index contributed by atoms with van der Waals surface area (Å²) in [5.41, 5.74) is 1.84. The Bertz CT molecular complexity index is 1940. The number of carboxylic acids is 1. The fourth-order valence-electron chi connectivity index (χ4n) is 4.63. The van der Waals surface area contributed by atoms with E-state index < -0.39 is 17.6 Å². The fraction of sp³-hybridized carbons (Fsp3) is 0.0968. The third kappa shape index (κ3) is 5.63. The number of carbonyl (C=O) groups excluding carboxylic acids is 1. The molecule has 0 radical (unpaired) electrons. The quantitative estimate of drug-likeness (QED) is 0.189. The van der Waals surface area contributed by atoms with Crippen LogP contribution in [0, 0.1) is 4.77 Å². The van der Waals surface area contributed by atoms with Crippen molar-refractivity contribution >= 4 is 46.5 Å². The minimum Gasteiger partial charge on any atom is -0.493 e. The average molecular weight is 599 g/mol. The van der Waals surface area contributed by atoms with Gasteiger partial charge >= 0.3 is 12.0 Å². The average Bonchev–Trinajstić information content (AvgIpc) is 3.01. The Labute approximate surface area is 250 Å². The van der Waals surface area contributed by atoms with Gasteiger partial charge in [-0.25, -0.2) is 9.59 Å². The standard InChI is InChI=1S/C31H26N4O7S/c1-40-25-16-22(17-26(41-2)27(25)42-3)34-24-14-11-20(33-30(39)32-19-7-5-4-6-8-19)15-23(24)28(36)35(31(34)43)21-12-9-18(10-13-21)29(37)38/h4-17H,1-3H3,(H,37,38)(H2,32,33,39). The number of para-hydroxylation sites is 1. The van der Waals surface area contributed by atoms with Crippen LogP contribution in [-0.2, 0) is 0 Å². The monoisotopic (exact) mass is 598 g/mol. The molecule has 0 unspecified atom stereocenters. The van der Waals surface area contributed by atoms with Crippen molar-refractivity contribution in [3.05, 3.63) is 106 Å². The number of ether oxygens (including phenoxy) is 3. The van der Waals surface area contributed by atoms with Crippen LogP contribution in [0.3, 0.4) is 0 Å². The van der Waals surface area contributed by atoms with E-state index in [2.05, 4.69) is 10.6 Å². The first-order valence-electron chi connectivity index (χ1n) is 12.8. The van der Waals surface area contributed by atoms with Crippen molar-refractivity contribution in [1.82, 2.24) is 9.13 Å². The van der Waals surface area contributed by atoms with Crippen molar-refractivity contribution in [3.8, 4) is 28.6 Å². The molecule has 1 heterocycles. The Kier molecular flexibility index (Phi) is 8.12. The smallest absolute Gasteiger partial charge is 0.335 e. The zero-order chi connectivity index (χ0) is 30.7. The van der Waals surface area contributed by atoms with E-state index in [-0.39, 0.29) is 15.7 Å². The van der Waals surface area contributed by atoms with E-state index >= 15 is 0 Å². The van der Waals surface area contributed by atoms with Gasteiger partial charge in [0.2, 0.25) is 5.75 Å². The number of nitrogens with zero attached hydrogens (tertiary/aromatic N) is 2. The minimum absolute atomic E-state index is 0.0527.